The van der Waals surface area contributed by atoms with Crippen LogP contribution in [0.2, 0.25) is 0 Å². The first-order valence-corrected chi connectivity index (χ1v) is 6.10. The van der Waals surface area contributed by atoms with E-state index in [-0.39, 0.29) is 13.2 Å². The lowest BCUT2D eigenvalue weighted by atomic mass is 10.5. The third-order valence-corrected chi connectivity index (χ3v) is 2.02. The lowest BCUT2D eigenvalue weighted by Crippen LogP contribution is -2.37. The molecule has 0 aromatic rings. The van der Waals surface area contributed by atoms with Crippen LogP contribution in [-0.2, 0) is 19.1 Å². The molecule has 0 atom stereocenters. The molecule has 120 valence electrons. The van der Waals surface area contributed by atoms with Crippen LogP contribution in [-0.4, -0.2) is 77.3 Å². The zero-order valence-corrected chi connectivity index (χ0v) is 12.0. The molecular formula is C11H22F3N2O4+. The molecule has 0 heterocycles. The average molecular weight is 303 g/mol. The third kappa shape index (κ3) is 12.2. The Hall–Kier alpha value is -0.900. The van der Waals surface area contributed by atoms with Crippen molar-refractivity contribution >= 4 is 5.97 Å². The Kier molecular flexibility index (Phi) is 8.70. The Bertz CT molecular complexity index is 280. The van der Waals surface area contributed by atoms with Crippen LogP contribution < -0.4 is 5.48 Å². The standard InChI is InChI=1S/C11H22F3N2O4/c1-16(2,3)5-7-19-9-8-18-6-4-15-20-10(17)11(12,13)14/h15H,4-9H2,1-3H3/q+1. The molecule has 0 aliphatic rings. The number of rotatable bonds is 10. The fourth-order valence-electron chi connectivity index (χ4n) is 0.949. The van der Waals surface area contributed by atoms with Gasteiger partial charge in [-0.1, -0.05) is 0 Å². The van der Waals surface area contributed by atoms with E-state index in [9.17, 15) is 18.0 Å². The van der Waals surface area contributed by atoms with Crippen LogP contribution in [0.25, 0.3) is 0 Å². The van der Waals surface area contributed by atoms with Gasteiger partial charge in [0.05, 0.1) is 54.1 Å². The molecule has 0 amide bonds. The normalized spacial score (nSPS) is 12.5. The minimum atomic E-state index is -4.99. The number of carbonyl (C=O) groups is 1. The number of ether oxygens (including phenoxy) is 2. The summed E-state index contributed by atoms with van der Waals surface area (Å²) < 4.78 is 46.3. The van der Waals surface area contributed by atoms with Gasteiger partial charge in [0.15, 0.2) is 0 Å². The molecule has 0 aromatic carbocycles. The number of alkyl halides is 3. The molecule has 0 saturated heterocycles. The van der Waals surface area contributed by atoms with Crippen LogP contribution >= 0.6 is 0 Å². The number of nitrogens with zero attached hydrogens (tertiary/aromatic N) is 1. The van der Waals surface area contributed by atoms with Crippen LogP contribution in [0.15, 0.2) is 0 Å². The smallest absolute Gasteiger partial charge is 0.378 e. The van der Waals surface area contributed by atoms with Crippen LogP contribution in [0, 0.1) is 0 Å². The van der Waals surface area contributed by atoms with Gasteiger partial charge in [-0.25, -0.2) is 4.79 Å². The van der Waals surface area contributed by atoms with Gasteiger partial charge in [-0.05, 0) is 0 Å². The van der Waals surface area contributed by atoms with E-state index in [2.05, 4.69) is 4.84 Å². The Morgan fingerprint density at radius 2 is 1.60 bits per heavy atom. The van der Waals surface area contributed by atoms with E-state index in [1.165, 1.54) is 0 Å². The summed E-state index contributed by atoms with van der Waals surface area (Å²) >= 11 is 0. The number of hydrogen-bond donors (Lipinski definition) is 1. The predicted molar refractivity (Wildman–Crippen MR) is 64.7 cm³/mol. The van der Waals surface area contributed by atoms with Crippen molar-refractivity contribution in [3.8, 4) is 0 Å². The highest BCUT2D eigenvalue weighted by molar-refractivity contribution is 5.75. The summed E-state index contributed by atoms with van der Waals surface area (Å²) in [5.74, 6) is -2.28. The van der Waals surface area contributed by atoms with E-state index in [0.717, 1.165) is 11.0 Å². The monoisotopic (exact) mass is 303 g/mol. The van der Waals surface area contributed by atoms with E-state index in [4.69, 9.17) is 9.47 Å². The van der Waals surface area contributed by atoms with E-state index in [1.807, 2.05) is 26.6 Å². The van der Waals surface area contributed by atoms with Crippen LogP contribution in [0.3, 0.4) is 0 Å². The maximum absolute atomic E-state index is 11.7. The van der Waals surface area contributed by atoms with Crippen molar-refractivity contribution in [2.75, 3.05) is 60.7 Å². The number of likely N-dealkylation sites (N-methyl/N-ethyl adjacent to an activating group) is 1. The predicted octanol–water partition coefficient (Wildman–Crippen LogP) is 0.336. The Balaban J connectivity index is 3.28. The topological polar surface area (TPSA) is 56.8 Å². The minimum Gasteiger partial charge on any atom is -0.378 e. The van der Waals surface area contributed by atoms with Gasteiger partial charge < -0.3 is 18.8 Å². The van der Waals surface area contributed by atoms with Crippen LogP contribution in [0.5, 0.6) is 0 Å². The Morgan fingerprint density at radius 1 is 1.05 bits per heavy atom. The molecule has 0 radical (unpaired) electrons. The lowest BCUT2D eigenvalue weighted by molar-refractivity contribution is -0.870. The number of nitrogens with one attached hydrogen (secondary N) is 1. The van der Waals surface area contributed by atoms with Gasteiger partial charge in [-0.3, -0.25) is 0 Å². The van der Waals surface area contributed by atoms with Gasteiger partial charge in [0.2, 0.25) is 0 Å². The molecule has 0 aliphatic carbocycles. The summed E-state index contributed by atoms with van der Waals surface area (Å²) in [7, 11) is 6.15. The molecule has 0 aliphatic heterocycles. The van der Waals surface area contributed by atoms with Crippen molar-refractivity contribution in [3.63, 3.8) is 0 Å². The molecule has 6 nitrogen and oxygen atoms in total. The molecule has 0 unspecified atom stereocenters. The number of hydroxylamine groups is 1. The zero-order chi connectivity index (χ0) is 15.6. The number of quaternary nitrogens is 1. The van der Waals surface area contributed by atoms with Gasteiger partial charge in [0.1, 0.15) is 6.54 Å². The first kappa shape index (κ1) is 19.1. The summed E-state index contributed by atoms with van der Waals surface area (Å²) in [6.07, 6.45) is -4.99. The highest BCUT2D eigenvalue weighted by Gasteiger charge is 2.41. The summed E-state index contributed by atoms with van der Waals surface area (Å²) in [6, 6.07) is 0. The maximum Gasteiger partial charge on any atom is 0.492 e. The summed E-state index contributed by atoms with van der Waals surface area (Å²) in [5, 5.41) is 0. The van der Waals surface area contributed by atoms with Gasteiger partial charge in [-0.2, -0.15) is 18.7 Å². The fraction of sp³-hybridized carbons (Fsp3) is 0.909. The molecular weight excluding hydrogens is 281 g/mol. The van der Waals surface area contributed by atoms with Crippen molar-refractivity contribution < 1.29 is 36.8 Å². The molecule has 0 fully saturated rings. The molecule has 9 heteroatoms. The van der Waals surface area contributed by atoms with Crippen molar-refractivity contribution in [3.05, 3.63) is 0 Å². The van der Waals surface area contributed by atoms with Crippen LogP contribution in [0.4, 0.5) is 13.2 Å². The second kappa shape index (κ2) is 9.11. The van der Waals surface area contributed by atoms with Crippen molar-refractivity contribution in [1.82, 2.24) is 5.48 Å². The summed E-state index contributed by atoms with van der Waals surface area (Å²) in [4.78, 5) is 14.0. The molecule has 0 spiro atoms. The van der Waals surface area contributed by atoms with Gasteiger partial charge >= 0.3 is 12.1 Å². The van der Waals surface area contributed by atoms with Crippen molar-refractivity contribution in [2.45, 2.75) is 6.18 Å². The van der Waals surface area contributed by atoms with E-state index in [1.54, 1.807) is 0 Å². The van der Waals surface area contributed by atoms with Gasteiger partial charge in [0.25, 0.3) is 0 Å². The average Bonchev–Trinajstić information content (AvgIpc) is 2.28. The minimum absolute atomic E-state index is 0.0271. The third-order valence-electron chi connectivity index (χ3n) is 2.02. The molecule has 0 aromatic heterocycles. The molecule has 0 saturated carbocycles. The Morgan fingerprint density at radius 3 is 2.10 bits per heavy atom. The highest BCUT2D eigenvalue weighted by atomic mass is 19.4. The first-order valence-electron chi connectivity index (χ1n) is 6.10. The molecule has 1 N–H and O–H groups in total. The summed E-state index contributed by atoms with van der Waals surface area (Å²) in [6.45, 7) is 2.29. The largest absolute Gasteiger partial charge is 0.492 e. The SMILES string of the molecule is C[N+](C)(C)CCOCCOCCNOC(=O)C(F)(F)F. The maximum atomic E-state index is 11.7. The highest BCUT2D eigenvalue weighted by Crippen LogP contribution is 2.15. The van der Waals surface area contributed by atoms with Crippen molar-refractivity contribution in [1.29, 1.82) is 0 Å². The quantitative estimate of drug-likeness (QED) is 0.358. The van der Waals surface area contributed by atoms with Gasteiger partial charge in [0, 0.05) is 0 Å². The van der Waals surface area contributed by atoms with Gasteiger partial charge in [-0.15, -0.1) is 0 Å². The van der Waals surface area contributed by atoms with E-state index < -0.39 is 12.1 Å². The molecule has 20 heavy (non-hydrogen) atoms. The molecule has 0 rings (SSSR count). The van der Waals surface area contributed by atoms with Crippen LogP contribution in [0.1, 0.15) is 0 Å². The fourth-order valence-corrected chi connectivity index (χ4v) is 0.949. The number of hydrogen-bond acceptors (Lipinski definition) is 5. The number of halogens is 3. The molecule has 0 bridgehead atoms. The number of carbonyl (C=O) groups excluding carboxylic acids is 1. The second-order valence-corrected chi connectivity index (χ2v) is 5.02. The van der Waals surface area contributed by atoms with Crippen molar-refractivity contribution in [2.24, 2.45) is 0 Å². The summed E-state index contributed by atoms with van der Waals surface area (Å²) in [5.41, 5.74) is 1.88. The second-order valence-electron chi connectivity index (χ2n) is 5.02. The van der Waals surface area contributed by atoms with E-state index in [0.29, 0.717) is 19.8 Å². The Labute approximate surface area is 116 Å². The van der Waals surface area contributed by atoms with E-state index >= 15 is 0 Å². The lowest BCUT2D eigenvalue weighted by Gasteiger charge is -2.23. The zero-order valence-electron chi connectivity index (χ0n) is 12.0. The first-order chi connectivity index (χ1) is 9.13.